The van der Waals surface area contributed by atoms with Gasteiger partial charge < -0.3 is 20.6 Å². The fourth-order valence-electron chi connectivity index (χ4n) is 2.54. The topological polar surface area (TPSA) is 129 Å². The Morgan fingerprint density at radius 1 is 1.20 bits per heavy atom. The molecule has 3 rings (SSSR count). The summed E-state index contributed by atoms with van der Waals surface area (Å²) in [5.74, 6) is 7.81. The highest BCUT2D eigenvalue weighted by Crippen LogP contribution is 2.32. The molecule has 0 unspecified atom stereocenters. The molecule has 2 aromatic heterocycles. The van der Waals surface area contributed by atoms with Gasteiger partial charge in [-0.15, -0.1) is 0 Å². The Morgan fingerprint density at radius 3 is 2.68 bits per heavy atom. The summed E-state index contributed by atoms with van der Waals surface area (Å²) < 4.78 is 10.8. The third-order valence-electron chi connectivity index (χ3n) is 3.75. The Morgan fingerprint density at radius 2 is 2.00 bits per heavy atom. The first-order chi connectivity index (χ1) is 12.0. The van der Waals surface area contributed by atoms with Crippen LogP contribution < -0.4 is 27.1 Å². The Bertz CT molecular complexity index is 879. The number of hydrogen-bond acceptors (Lipinski definition) is 8. The minimum atomic E-state index is 0.0573. The van der Waals surface area contributed by atoms with Crippen LogP contribution in [0.15, 0.2) is 41.0 Å². The van der Waals surface area contributed by atoms with Gasteiger partial charge in [-0.25, -0.2) is 10.8 Å². The van der Waals surface area contributed by atoms with E-state index in [-0.39, 0.29) is 11.6 Å². The molecule has 8 heteroatoms. The molecular weight excluding hydrogens is 320 g/mol. The summed E-state index contributed by atoms with van der Waals surface area (Å²) in [6.45, 7) is 2.33. The number of furan rings is 1. The number of anilines is 3. The van der Waals surface area contributed by atoms with Crippen LogP contribution in [0.2, 0.25) is 0 Å². The minimum absolute atomic E-state index is 0.0573. The molecule has 0 radical (unpaired) electrons. The molecule has 1 aromatic carbocycles. The van der Waals surface area contributed by atoms with Crippen LogP contribution in [0.1, 0.15) is 11.1 Å². The highest BCUT2D eigenvalue weighted by atomic mass is 16.5. The van der Waals surface area contributed by atoms with Gasteiger partial charge in [-0.2, -0.15) is 4.98 Å². The van der Waals surface area contributed by atoms with E-state index in [1.54, 1.807) is 19.2 Å². The van der Waals surface area contributed by atoms with Crippen LogP contribution in [0, 0.1) is 6.92 Å². The van der Waals surface area contributed by atoms with E-state index in [2.05, 4.69) is 9.97 Å². The molecule has 0 saturated heterocycles. The van der Waals surface area contributed by atoms with Crippen LogP contribution in [0.3, 0.4) is 0 Å². The Hall–Kier alpha value is -3.26. The van der Waals surface area contributed by atoms with E-state index in [9.17, 15) is 0 Å². The fourth-order valence-corrected chi connectivity index (χ4v) is 2.54. The average molecular weight is 340 g/mol. The van der Waals surface area contributed by atoms with Crippen LogP contribution in [-0.2, 0) is 6.54 Å². The van der Waals surface area contributed by atoms with Crippen LogP contribution >= 0.6 is 0 Å². The number of nitrogens with zero attached hydrogens (tertiary/aromatic N) is 3. The maximum atomic E-state index is 6.20. The van der Waals surface area contributed by atoms with Gasteiger partial charge >= 0.3 is 0 Å². The Balaban J connectivity index is 1.96. The number of methoxy groups -OCH3 is 1. The number of nitrogen functional groups attached to an aromatic ring is 2. The first-order valence-electron chi connectivity index (χ1n) is 7.62. The van der Waals surface area contributed by atoms with E-state index in [0.717, 1.165) is 16.9 Å². The number of hydrogen-bond donors (Lipinski definition) is 3. The molecule has 0 aliphatic carbocycles. The maximum Gasteiger partial charge on any atom is 0.222 e. The van der Waals surface area contributed by atoms with Crippen LogP contribution in [0.4, 0.5) is 17.5 Å². The van der Waals surface area contributed by atoms with Crippen molar-refractivity contribution in [1.29, 1.82) is 0 Å². The quantitative estimate of drug-likeness (QED) is 0.475. The lowest BCUT2D eigenvalue weighted by molar-refractivity contribution is 0.409. The van der Waals surface area contributed by atoms with E-state index in [0.29, 0.717) is 23.8 Å². The molecule has 25 heavy (non-hydrogen) atoms. The summed E-state index contributed by atoms with van der Waals surface area (Å²) in [6.07, 6.45) is 1.53. The Labute approximate surface area is 145 Å². The normalized spacial score (nSPS) is 10.7. The molecular formula is C17H20N6O2. The number of aryl methyl sites for hydroxylation is 1. The van der Waals surface area contributed by atoms with Crippen molar-refractivity contribution < 1.29 is 9.15 Å². The predicted octanol–water partition coefficient (Wildman–Crippen LogP) is 2.10. The molecule has 0 atom stereocenters. The molecule has 2 heterocycles. The van der Waals surface area contributed by atoms with E-state index in [1.807, 2.05) is 25.1 Å². The van der Waals surface area contributed by atoms with Crippen molar-refractivity contribution in [2.75, 3.05) is 23.6 Å². The summed E-state index contributed by atoms with van der Waals surface area (Å²) in [4.78, 5) is 8.32. The van der Waals surface area contributed by atoms with Gasteiger partial charge in [-0.05, 0) is 30.7 Å². The smallest absolute Gasteiger partial charge is 0.222 e. The molecule has 3 aromatic rings. The molecule has 0 spiro atoms. The van der Waals surface area contributed by atoms with Gasteiger partial charge in [-0.3, -0.25) is 5.01 Å². The predicted molar refractivity (Wildman–Crippen MR) is 96.7 cm³/mol. The van der Waals surface area contributed by atoms with E-state index in [1.165, 1.54) is 11.3 Å². The third-order valence-corrected chi connectivity index (χ3v) is 3.75. The van der Waals surface area contributed by atoms with E-state index in [4.69, 9.17) is 26.5 Å². The highest BCUT2D eigenvalue weighted by Gasteiger charge is 2.19. The lowest BCUT2D eigenvalue weighted by Gasteiger charge is -2.21. The first kappa shape index (κ1) is 16.6. The van der Waals surface area contributed by atoms with Crippen molar-refractivity contribution in [2.45, 2.75) is 13.5 Å². The lowest BCUT2D eigenvalue weighted by atomic mass is 10.1. The van der Waals surface area contributed by atoms with Gasteiger partial charge in [0.15, 0.2) is 11.6 Å². The van der Waals surface area contributed by atoms with Gasteiger partial charge in [-0.1, -0.05) is 12.1 Å². The molecule has 0 saturated carbocycles. The van der Waals surface area contributed by atoms with Gasteiger partial charge in [0.2, 0.25) is 5.95 Å². The molecule has 8 nitrogen and oxygen atoms in total. The third kappa shape index (κ3) is 3.33. The van der Waals surface area contributed by atoms with Crippen molar-refractivity contribution in [3.05, 3.63) is 47.7 Å². The highest BCUT2D eigenvalue weighted by molar-refractivity contribution is 5.79. The second-order valence-corrected chi connectivity index (χ2v) is 5.59. The lowest BCUT2D eigenvalue weighted by Crippen LogP contribution is -2.32. The summed E-state index contributed by atoms with van der Waals surface area (Å²) in [5, 5.41) is 1.41. The number of rotatable bonds is 5. The Kier molecular flexibility index (Phi) is 4.44. The van der Waals surface area contributed by atoms with Crippen LogP contribution in [-0.4, -0.2) is 17.1 Å². The monoisotopic (exact) mass is 340 g/mol. The van der Waals surface area contributed by atoms with Gasteiger partial charge in [0.05, 0.1) is 19.9 Å². The van der Waals surface area contributed by atoms with Crippen molar-refractivity contribution in [3.63, 3.8) is 0 Å². The molecule has 6 N–H and O–H groups in total. The van der Waals surface area contributed by atoms with Crippen molar-refractivity contribution in [3.8, 4) is 17.2 Å². The molecule has 0 amide bonds. The van der Waals surface area contributed by atoms with Crippen LogP contribution in [0.25, 0.3) is 11.5 Å². The van der Waals surface area contributed by atoms with Gasteiger partial charge in [0.25, 0.3) is 0 Å². The number of aromatic nitrogens is 2. The number of nitrogens with two attached hydrogens (primary N) is 3. The van der Waals surface area contributed by atoms with Crippen molar-refractivity contribution in [2.24, 2.45) is 5.84 Å². The average Bonchev–Trinajstić information content (AvgIpc) is 3.12. The summed E-state index contributed by atoms with van der Waals surface area (Å²) in [7, 11) is 1.62. The minimum Gasteiger partial charge on any atom is -0.496 e. The fraction of sp³-hybridized carbons (Fsp3) is 0.176. The zero-order valence-electron chi connectivity index (χ0n) is 14.1. The SMILES string of the molecule is COc1cc(C)ccc1CN(N)c1nc(N)nc(-c2ccco2)c1N. The zero-order chi connectivity index (χ0) is 18.0. The first-order valence-corrected chi connectivity index (χ1v) is 7.62. The van der Waals surface area contributed by atoms with E-state index < -0.39 is 0 Å². The zero-order valence-corrected chi connectivity index (χ0v) is 14.1. The molecule has 0 bridgehead atoms. The van der Waals surface area contributed by atoms with Crippen molar-refractivity contribution >= 4 is 17.5 Å². The second kappa shape index (κ2) is 6.70. The van der Waals surface area contributed by atoms with E-state index >= 15 is 0 Å². The molecule has 0 fully saturated rings. The number of ether oxygens (including phenoxy) is 1. The molecule has 0 aliphatic rings. The number of benzene rings is 1. The summed E-state index contributed by atoms with van der Waals surface area (Å²) in [6, 6.07) is 9.35. The van der Waals surface area contributed by atoms with Gasteiger partial charge in [0, 0.05) is 5.56 Å². The largest absolute Gasteiger partial charge is 0.496 e. The van der Waals surface area contributed by atoms with Crippen molar-refractivity contribution in [1.82, 2.24) is 9.97 Å². The van der Waals surface area contributed by atoms with Crippen LogP contribution in [0.5, 0.6) is 5.75 Å². The molecule has 0 aliphatic heterocycles. The summed E-state index contributed by atoms with van der Waals surface area (Å²) >= 11 is 0. The maximum absolute atomic E-state index is 6.20. The standard InChI is InChI=1S/C17H20N6O2/c1-10-5-6-11(13(8-10)24-2)9-23(20)16-14(18)15(21-17(19)22-16)12-4-3-7-25-12/h3-8H,9,18,20H2,1-2H3,(H2,19,21,22). The summed E-state index contributed by atoms with van der Waals surface area (Å²) in [5.41, 5.74) is 14.7. The van der Waals surface area contributed by atoms with Gasteiger partial charge in [0.1, 0.15) is 17.1 Å². The number of hydrazine groups is 1. The second-order valence-electron chi connectivity index (χ2n) is 5.59. The molecule has 130 valence electrons.